The second-order valence-corrected chi connectivity index (χ2v) is 12.6. The van der Waals surface area contributed by atoms with Crippen molar-refractivity contribution in [3.63, 3.8) is 0 Å². The Morgan fingerprint density at radius 1 is 1.03 bits per heavy atom. The molecule has 11 nitrogen and oxygen atoms in total. The lowest BCUT2D eigenvalue weighted by Gasteiger charge is -2.24. The summed E-state index contributed by atoms with van der Waals surface area (Å²) in [4.78, 5) is 24.4. The lowest BCUT2D eigenvalue weighted by Crippen LogP contribution is -2.40. The maximum atomic E-state index is 13.5. The summed E-state index contributed by atoms with van der Waals surface area (Å²) < 4.78 is 42.2. The molecule has 0 bridgehead atoms. The molecule has 0 saturated heterocycles. The molecule has 12 heteroatoms. The predicted octanol–water partition coefficient (Wildman–Crippen LogP) is 4.77. The Kier molecular flexibility index (Phi) is 8.13. The van der Waals surface area contributed by atoms with Gasteiger partial charge in [-0.3, -0.25) is 4.79 Å². The molecule has 39 heavy (non-hydrogen) atoms. The topological polar surface area (TPSA) is 149 Å². The Bertz CT molecular complexity index is 1510. The minimum Gasteiger partial charge on any atom is -0.497 e. The van der Waals surface area contributed by atoms with E-state index in [0.717, 1.165) is 0 Å². The van der Waals surface area contributed by atoms with E-state index in [1.165, 1.54) is 30.0 Å². The molecule has 0 fully saturated rings. The lowest BCUT2D eigenvalue weighted by atomic mass is 10.1. The maximum absolute atomic E-state index is 13.5. The molecule has 1 amide bonds. The van der Waals surface area contributed by atoms with E-state index in [-0.39, 0.29) is 33.5 Å². The first-order valence-corrected chi connectivity index (χ1v) is 13.6. The van der Waals surface area contributed by atoms with Gasteiger partial charge in [0, 0.05) is 22.4 Å². The van der Waals surface area contributed by atoms with Crippen LogP contribution < -0.4 is 19.5 Å². The van der Waals surface area contributed by atoms with Gasteiger partial charge in [0.2, 0.25) is 15.9 Å². The molecule has 3 N–H and O–H groups in total. The molecule has 3 rings (SSSR count). The number of nitrogens with one attached hydrogen (secondary N) is 2. The van der Waals surface area contributed by atoms with Gasteiger partial charge >= 0.3 is 5.97 Å². The predicted molar refractivity (Wildman–Crippen MR) is 146 cm³/mol. The number of ether oxygens (including phenoxy) is 2. The van der Waals surface area contributed by atoms with Gasteiger partial charge in [-0.15, -0.1) is 0 Å². The molecule has 210 valence electrons. The van der Waals surface area contributed by atoms with Crippen LogP contribution in [-0.4, -0.2) is 47.8 Å². The number of amides is 1. The number of hydrogen-bond donors (Lipinski definition) is 3. The second-order valence-electron chi connectivity index (χ2n) is 11.0. The van der Waals surface area contributed by atoms with Crippen LogP contribution in [0.3, 0.4) is 0 Å². The number of methoxy groups -OCH3 is 1. The Morgan fingerprint density at radius 3 is 2.26 bits per heavy atom. The van der Waals surface area contributed by atoms with Crippen LogP contribution in [0.4, 0.5) is 5.69 Å². The van der Waals surface area contributed by atoms with Crippen LogP contribution in [0.1, 0.15) is 68.0 Å². The SMILES string of the molecule is COc1cccc(C(=O)Nc2ccc(Oc3c(C)c(C(=O)O)nn3C(C)(C)C)c(S(=O)(=O)NC(C)(C)C)c2)c1. The van der Waals surface area contributed by atoms with E-state index in [1.807, 2.05) is 20.8 Å². The number of carboxylic acids is 1. The number of benzene rings is 2. The fraction of sp³-hybridized carbons (Fsp3) is 0.370. The van der Waals surface area contributed by atoms with Crippen molar-refractivity contribution in [3.05, 3.63) is 59.3 Å². The molecule has 0 aliphatic carbocycles. The molecular formula is C27H34N4O7S. The maximum Gasteiger partial charge on any atom is 0.356 e. The molecule has 0 unspecified atom stereocenters. The van der Waals surface area contributed by atoms with E-state index in [4.69, 9.17) is 9.47 Å². The van der Waals surface area contributed by atoms with Crippen molar-refractivity contribution in [1.82, 2.24) is 14.5 Å². The number of anilines is 1. The fourth-order valence-electron chi connectivity index (χ4n) is 3.67. The van der Waals surface area contributed by atoms with E-state index < -0.39 is 33.0 Å². The van der Waals surface area contributed by atoms with Crippen LogP contribution in [0.15, 0.2) is 47.4 Å². The second kappa shape index (κ2) is 10.7. The molecular weight excluding hydrogens is 524 g/mol. The van der Waals surface area contributed by atoms with E-state index >= 15 is 0 Å². The summed E-state index contributed by atoms with van der Waals surface area (Å²) >= 11 is 0. The van der Waals surface area contributed by atoms with Gasteiger partial charge in [0.1, 0.15) is 16.4 Å². The van der Waals surface area contributed by atoms with Crippen LogP contribution in [0.25, 0.3) is 0 Å². The van der Waals surface area contributed by atoms with E-state index in [0.29, 0.717) is 11.3 Å². The fourth-order valence-corrected chi connectivity index (χ4v) is 5.24. The normalized spacial score (nSPS) is 12.2. The number of aromatic carboxylic acids is 1. The van der Waals surface area contributed by atoms with Crippen LogP contribution in [0.5, 0.6) is 17.4 Å². The first-order chi connectivity index (χ1) is 17.9. The lowest BCUT2D eigenvalue weighted by molar-refractivity contribution is 0.0687. The Labute approximate surface area is 228 Å². The number of sulfonamides is 1. The third-order valence-corrected chi connectivity index (χ3v) is 7.16. The van der Waals surface area contributed by atoms with Gasteiger partial charge in [0.05, 0.1) is 12.6 Å². The Morgan fingerprint density at radius 2 is 1.69 bits per heavy atom. The standard InChI is InChI=1S/C27H34N4O7S/c1-16-22(25(33)34)29-31(27(5,6)7)24(16)38-20-13-12-18(15-21(20)39(35,36)30-26(2,3)4)28-23(32)17-10-9-11-19(14-17)37-8/h9-15,30H,1-8H3,(H,28,32)(H,33,34). The Balaban J connectivity index is 2.12. The van der Waals surface area contributed by atoms with Crippen molar-refractivity contribution < 1.29 is 32.6 Å². The number of carbonyl (C=O) groups excluding carboxylic acids is 1. The van der Waals surface area contributed by atoms with Crippen LogP contribution in [0.2, 0.25) is 0 Å². The quantitative estimate of drug-likeness (QED) is 0.358. The number of carbonyl (C=O) groups is 2. The van der Waals surface area contributed by atoms with Crippen LogP contribution in [-0.2, 0) is 15.6 Å². The van der Waals surface area contributed by atoms with E-state index in [2.05, 4.69) is 15.1 Å². The summed E-state index contributed by atoms with van der Waals surface area (Å²) in [6.45, 7) is 12.1. The number of hydrogen-bond acceptors (Lipinski definition) is 7. The number of nitrogens with zero attached hydrogens (tertiary/aromatic N) is 2. The number of rotatable bonds is 8. The summed E-state index contributed by atoms with van der Waals surface area (Å²) in [5.74, 6) is -1.20. The highest BCUT2D eigenvalue weighted by Crippen LogP contribution is 2.36. The summed E-state index contributed by atoms with van der Waals surface area (Å²) in [5, 5.41) is 16.5. The molecule has 2 aromatic carbocycles. The highest BCUT2D eigenvalue weighted by molar-refractivity contribution is 7.89. The number of aromatic nitrogens is 2. The van der Waals surface area contributed by atoms with Gasteiger partial charge in [-0.05, 0) is 84.9 Å². The molecule has 1 aromatic heterocycles. The monoisotopic (exact) mass is 558 g/mol. The van der Waals surface area contributed by atoms with Crippen molar-refractivity contribution >= 4 is 27.6 Å². The molecule has 3 aromatic rings. The first-order valence-electron chi connectivity index (χ1n) is 12.1. The van der Waals surface area contributed by atoms with Crippen LogP contribution >= 0.6 is 0 Å². The summed E-state index contributed by atoms with van der Waals surface area (Å²) in [6, 6.07) is 10.7. The molecule has 0 saturated carbocycles. The van der Waals surface area contributed by atoms with Crippen molar-refractivity contribution in [2.24, 2.45) is 0 Å². The van der Waals surface area contributed by atoms with E-state index in [1.54, 1.807) is 52.0 Å². The zero-order valence-corrected chi connectivity index (χ0v) is 24.1. The third kappa shape index (κ3) is 6.95. The highest BCUT2D eigenvalue weighted by atomic mass is 32.2. The van der Waals surface area contributed by atoms with Gasteiger partial charge in [0.25, 0.3) is 5.91 Å². The minimum atomic E-state index is -4.17. The van der Waals surface area contributed by atoms with Crippen molar-refractivity contribution in [2.45, 2.75) is 64.4 Å². The first kappa shape index (κ1) is 29.7. The average Bonchev–Trinajstić information content (AvgIpc) is 3.15. The third-order valence-electron chi connectivity index (χ3n) is 5.38. The van der Waals surface area contributed by atoms with E-state index in [9.17, 15) is 23.1 Å². The largest absolute Gasteiger partial charge is 0.497 e. The average molecular weight is 559 g/mol. The molecule has 0 aliphatic rings. The Hall–Kier alpha value is -3.90. The van der Waals surface area contributed by atoms with Crippen molar-refractivity contribution in [3.8, 4) is 17.4 Å². The smallest absolute Gasteiger partial charge is 0.356 e. The summed E-state index contributed by atoms with van der Waals surface area (Å²) in [7, 11) is -2.68. The van der Waals surface area contributed by atoms with Gasteiger partial charge in [-0.1, -0.05) is 6.07 Å². The molecule has 0 spiro atoms. The highest BCUT2D eigenvalue weighted by Gasteiger charge is 2.31. The molecule has 1 heterocycles. The molecule has 0 radical (unpaired) electrons. The molecule has 0 aliphatic heterocycles. The van der Waals surface area contributed by atoms with Crippen molar-refractivity contribution in [1.29, 1.82) is 0 Å². The van der Waals surface area contributed by atoms with Crippen molar-refractivity contribution in [2.75, 3.05) is 12.4 Å². The number of carboxylic acid groups (broad SMARTS) is 1. The van der Waals surface area contributed by atoms with Gasteiger partial charge in [-0.2, -0.15) is 5.10 Å². The van der Waals surface area contributed by atoms with Gasteiger partial charge in [-0.25, -0.2) is 22.6 Å². The summed E-state index contributed by atoms with van der Waals surface area (Å²) in [5.41, 5.74) is -0.953. The van der Waals surface area contributed by atoms with Gasteiger partial charge < -0.3 is 19.9 Å². The zero-order valence-electron chi connectivity index (χ0n) is 23.2. The minimum absolute atomic E-state index is 0.0726. The molecule has 0 atom stereocenters. The van der Waals surface area contributed by atoms with Crippen LogP contribution in [0, 0.1) is 6.92 Å². The summed E-state index contributed by atoms with van der Waals surface area (Å²) in [6.07, 6.45) is 0. The van der Waals surface area contributed by atoms with Gasteiger partial charge in [0.15, 0.2) is 5.69 Å². The zero-order chi connectivity index (χ0) is 29.3.